The molecule has 0 fully saturated rings. The number of hydrogen-bond acceptors (Lipinski definition) is 4. The number of likely N-dealkylation sites (N-methyl/N-ethyl adjacent to an activating group) is 1. The smallest absolute Gasteiger partial charge is 0.157 e. The number of rotatable bonds is 6. The van der Waals surface area contributed by atoms with Gasteiger partial charge in [0.05, 0.1) is 5.69 Å². The van der Waals surface area contributed by atoms with Gasteiger partial charge in [-0.25, -0.2) is 4.98 Å². The third-order valence-corrected chi connectivity index (χ3v) is 3.77. The maximum absolute atomic E-state index is 4.49. The van der Waals surface area contributed by atoms with Crippen LogP contribution in [0.2, 0.25) is 0 Å². The van der Waals surface area contributed by atoms with Crippen molar-refractivity contribution in [1.29, 1.82) is 0 Å². The summed E-state index contributed by atoms with van der Waals surface area (Å²) in [5, 5.41) is 9.01. The summed E-state index contributed by atoms with van der Waals surface area (Å²) >= 11 is 0. The zero-order valence-electron chi connectivity index (χ0n) is 13.1. The molecule has 0 saturated carbocycles. The molecule has 0 atom stereocenters. The quantitative estimate of drug-likeness (QED) is 0.815. The summed E-state index contributed by atoms with van der Waals surface area (Å²) in [6, 6.07) is 2.77. The van der Waals surface area contributed by atoms with Gasteiger partial charge in [0.25, 0.3) is 0 Å². The average molecular weight is 275 g/mol. The number of aryl methyl sites for hydroxylation is 2. The van der Waals surface area contributed by atoms with Gasteiger partial charge in [0.2, 0.25) is 0 Å². The van der Waals surface area contributed by atoms with Gasteiger partial charge in [-0.2, -0.15) is 5.10 Å². The molecule has 0 amide bonds. The minimum Gasteiger partial charge on any atom is -0.311 e. The Morgan fingerprint density at radius 3 is 2.85 bits per heavy atom. The van der Waals surface area contributed by atoms with Crippen LogP contribution in [0.3, 0.4) is 0 Å². The van der Waals surface area contributed by atoms with Crippen LogP contribution in [-0.4, -0.2) is 45.8 Å². The van der Waals surface area contributed by atoms with E-state index in [0.29, 0.717) is 6.04 Å². The van der Waals surface area contributed by atoms with Crippen molar-refractivity contribution in [2.24, 2.45) is 7.05 Å². The van der Waals surface area contributed by atoms with Crippen LogP contribution in [-0.2, 0) is 13.6 Å². The second-order valence-corrected chi connectivity index (χ2v) is 5.67. The topological polar surface area (TPSA) is 46.0 Å². The second kappa shape index (κ2) is 6.33. The van der Waals surface area contributed by atoms with E-state index in [0.717, 1.165) is 36.4 Å². The van der Waals surface area contributed by atoms with Crippen molar-refractivity contribution in [2.45, 2.75) is 33.4 Å². The first-order chi connectivity index (χ1) is 9.49. The Hall–Kier alpha value is -1.46. The summed E-state index contributed by atoms with van der Waals surface area (Å²) in [4.78, 5) is 6.83. The van der Waals surface area contributed by atoms with E-state index >= 15 is 0 Å². The third kappa shape index (κ3) is 3.35. The van der Waals surface area contributed by atoms with Gasteiger partial charge < -0.3 is 10.2 Å². The van der Waals surface area contributed by atoms with Gasteiger partial charge in [0.15, 0.2) is 5.65 Å². The molecule has 1 N–H and O–H groups in total. The second-order valence-electron chi connectivity index (χ2n) is 5.67. The zero-order chi connectivity index (χ0) is 14.7. The Balaban J connectivity index is 1.92. The first-order valence-electron chi connectivity index (χ1n) is 7.18. The highest BCUT2D eigenvalue weighted by atomic mass is 15.3. The normalized spacial score (nSPS) is 11.9. The van der Waals surface area contributed by atoms with Gasteiger partial charge in [-0.05, 0) is 39.4 Å². The maximum Gasteiger partial charge on any atom is 0.157 e. The number of hydrogen-bond donors (Lipinski definition) is 1. The highest BCUT2D eigenvalue weighted by Gasteiger charge is 2.07. The standard InChI is InChI=1S/C15H25N5/c1-11(2)19(4)7-6-16-9-13-8-14-12(3)18-20(5)15(14)17-10-13/h8,10-11,16H,6-7,9H2,1-5H3. The summed E-state index contributed by atoms with van der Waals surface area (Å²) in [6.07, 6.45) is 1.93. The van der Waals surface area contributed by atoms with E-state index in [-0.39, 0.29) is 0 Å². The molecule has 0 spiro atoms. The number of pyridine rings is 1. The van der Waals surface area contributed by atoms with Crippen LogP contribution in [0.5, 0.6) is 0 Å². The summed E-state index contributed by atoms with van der Waals surface area (Å²) in [5.41, 5.74) is 3.20. The summed E-state index contributed by atoms with van der Waals surface area (Å²) in [5.74, 6) is 0. The largest absolute Gasteiger partial charge is 0.311 e. The fourth-order valence-corrected chi connectivity index (χ4v) is 2.19. The lowest BCUT2D eigenvalue weighted by atomic mass is 10.2. The number of fused-ring (bicyclic) bond motifs is 1. The Morgan fingerprint density at radius 2 is 2.15 bits per heavy atom. The molecular weight excluding hydrogens is 250 g/mol. The van der Waals surface area contributed by atoms with Gasteiger partial charge in [-0.3, -0.25) is 4.68 Å². The molecule has 0 unspecified atom stereocenters. The minimum absolute atomic E-state index is 0.591. The first-order valence-corrected chi connectivity index (χ1v) is 7.18. The molecule has 0 aliphatic rings. The van der Waals surface area contributed by atoms with Crippen LogP contribution in [0.15, 0.2) is 12.3 Å². The van der Waals surface area contributed by atoms with Crippen molar-refractivity contribution >= 4 is 11.0 Å². The molecule has 2 heterocycles. The highest BCUT2D eigenvalue weighted by molar-refractivity contribution is 5.78. The van der Waals surface area contributed by atoms with Crippen molar-refractivity contribution in [3.8, 4) is 0 Å². The van der Waals surface area contributed by atoms with Crippen LogP contribution < -0.4 is 5.32 Å². The molecule has 5 heteroatoms. The third-order valence-electron chi connectivity index (χ3n) is 3.77. The number of aromatic nitrogens is 3. The predicted octanol–water partition coefficient (Wildman–Crippen LogP) is 1.71. The van der Waals surface area contributed by atoms with Crippen molar-refractivity contribution in [3.05, 3.63) is 23.5 Å². The van der Waals surface area contributed by atoms with Crippen LogP contribution in [0.25, 0.3) is 11.0 Å². The molecule has 0 aromatic carbocycles. The molecule has 0 saturated heterocycles. The molecule has 2 rings (SSSR count). The van der Waals surface area contributed by atoms with Gasteiger partial charge in [-0.1, -0.05) is 0 Å². The SMILES string of the molecule is Cc1nn(C)c2ncc(CNCCN(C)C(C)C)cc12. The Bertz CT molecular complexity index is 573. The molecule has 0 aliphatic heterocycles. The summed E-state index contributed by atoms with van der Waals surface area (Å²) < 4.78 is 1.83. The van der Waals surface area contributed by atoms with Crippen molar-refractivity contribution in [3.63, 3.8) is 0 Å². The van der Waals surface area contributed by atoms with Gasteiger partial charge in [-0.15, -0.1) is 0 Å². The zero-order valence-corrected chi connectivity index (χ0v) is 13.1. The fourth-order valence-electron chi connectivity index (χ4n) is 2.19. The number of nitrogens with zero attached hydrogens (tertiary/aromatic N) is 4. The van der Waals surface area contributed by atoms with Gasteiger partial charge >= 0.3 is 0 Å². The molecule has 20 heavy (non-hydrogen) atoms. The van der Waals surface area contributed by atoms with Gasteiger partial charge in [0, 0.05) is 44.3 Å². The lowest BCUT2D eigenvalue weighted by Crippen LogP contribution is -2.33. The van der Waals surface area contributed by atoms with E-state index in [1.54, 1.807) is 0 Å². The molecule has 2 aromatic rings. The van der Waals surface area contributed by atoms with E-state index in [2.05, 4.69) is 47.3 Å². The number of nitrogens with one attached hydrogen (secondary N) is 1. The lowest BCUT2D eigenvalue weighted by Gasteiger charge is -2.20. The van der Waals surface area contributed by atoms with E-state index in [1.165, 1.54) is 5.56 Å². The molecule has 0 bridgehead atoms. The Labute approximate surface area is 121 Å². The van der Waals surface area contributed by atoms with E-state index in [1.807, 2.05) is 24.9 Å². The van der Waals surface area contributed by atoms with Crippen molar-refractivity contribution in [2.75, 3.05) is 20.1 Å². The average Bonchev–Trinajstić information content (AvgIpc) is 2.69. The summed E-state index contributed by atoms with van der Waals surface area (Å²) in [6.45, 7) is 9.34. The van der Waals surface area contributed by atoms with E-state index in [4.69, 9.17) is 0 Å². The lowest BCUT2D eigenvalue weighted by molar-refractivity contribution is 0.273. The highest BCUT2D eigenvalue weighted by Crippen LogP contribution is 2.16. The van der Waals surface area contributed by atoms with Crippen LogP contribution in [0.4, 0.5) is 0 Å². The Kier molecular flexibility index (Phi) is 4.73. The van der Waals surface area contributed by atoms with E-state index in [9.17, 15) is 0 Å². The summed E-state index contributed by atoms with van der Waals surface area (Å²) in [7, 11) is 4.08. The predicted molar refractivity (Wildman–Crippen MR) is 82.7 cm³/mol. The minimum atomic E-state index is 0.591. The van der Waals surface area contributed by atoms with Crippen molar-refractivity contribution < 1.29 is 0 Å². The van der Waals surface area contributed by atoms with E-state index < -0.39 is 0 Å². The fraction of sp³-hybridized carbons (Fsp3) is 0.600. The molecular formula is C15H25N5. The van der Waals surface area contributed by atoms with Crippen LogP contribution >= 0.6 is 0 Å². The molecule has 0 radical (unpaired) electrons. The van der Waals surface area contributed by atoms with Gasteiger partial charge in [0.1, 0.15) is 0 Å². The van der Waals surface area contributed by atoms with Crippen LogP contribution in [0, 0.1) is 6.92 Å². The molecule has 5 nitrogen and oxygen atoms in total. The van der Waals surface area contributed by atoms with Crippen molar-refractivity contribution in [1.82, 2.24) is 25.0 Å². The maximum atomic E-state index is 4.49. The van der Waals surface area contributed by atoms with Crippen LogP contribution in [0.1, 0.15) is 25.1 Å². The monoisotopic (exact) mass is 275 g/mol. The molecule has 2 aromatic heterocycles. The molecule has 0 aliphatic carbocycles. The first kappa shape index (κ1) is 14.9. The Morgan fingerprint density at radius 1 is 1.40 bits per heavy atom. The molecule has 110 valence electrons.